The number of nitrogens with one attached hydrogen (secondary N) is 2. The van der Waals surface area contributed by atoms with Crippen LogP contribution in [0.15, 0.2) is 102 Å². The molecule has 0 spiro atoms. The lowest BCUT2D eigenvalue weighted by molar-refractivity contribution is -0.138. The fraction of sp³-hybridized carbons (Fsp3) is 0.0690. The van der Waals surface area contributed by atoms with Gasteiger partial charge in [-0.3, -0.25) is 4.79 Å². The number of para-hydroxylation sites is 1. The summed E-state index contributed by atoms with van der Waals surface area (Å²) in [7, 11) is -4.06. The summed E-state index contributed by atoms with van der Waals surface area (Å²) < 4.78 is 28.2. The number of fused-ring (bicyclic) bond motifs is 2. The molecule has 0 saturated carbocycles. The van der Waals surface area contributed by atoms with Gasteiger partial charge >= 0.3 is 5.97 Å². The third-order valence-electron chi connectivity index (χ3n) is 5.96. The van der Waals surface area contributed by atoms with Gasteiger partial charge in [-0.2, -0.15) is 4.72 Å². The standard InChI is InChI=1S/C29H22N2O4S/c32-29(33)28(18-24-19-30-27-8-4-3-7-26(24)27)31-36(34,35)25-15-12-20(13-16-25)9-10-21-11-14-22-5-1-2-6-23(22)17-21/h1-8,11-17,19,28,30-31H,18H2,(H,32,33)/t28-/m1/s1. The Labute approximate surface area is 208 Å². The first kappa shape index (κ1) is 23.4. The van der Waals surface area contributed by atoms with Gasteiger partial charge in [0.05, 0.1) is 4.90 Å². The number of aromatic amines is 1. The molecule has 0 fully saturated rings. The van der Waals surface area contributed by atoms with Crippen LogP contribution in [0.4, 0.5) is 0 Å². The first-order valence-corrected chi connectivity index (χ1v) is 12.8. The van der Waals surface area contributed by atoms with Crippen LogP contribution in [0.2, 0.25) is 0 Å². The van der Waals surface area contributed by atoms with E-state index >= 15 is 0 Å². The van der Waals surface area contributed by atoms with Gasteiger partial charge < -0.3 is 10.1 Å². The molecule has 7 heteroatoms. The van der Waals surface area contributed by atoms with Crippen LogP contribution in [0.1, 0.15) is 16.7 Å². The molecule has 5 rings (SSSR count). The second-order valence-electron chi connectivity index (χ2n) is 8.41. The Kier molecular flexibility index (Phi) is 6.30. The summed E-state index contributed by atoms with van der Waals surface area (Å²) in [5.74, 6) is 4.90. The number of rotatable bonds is 6. The van der Waals surface area contributed by atoms with Crippen molar-refractivity contribution in [3.8, 4) is 11.8 Å². The minimum absolute atomic E-state index is 0.00783. The highest BCUT2D eigenvalue weighted by molar-refractivity contribution is 7.89. The van der Waals surface area contributed by atoms with Gasteiger partial charge in [0.15, 0.2) is 0 Å². The summed E-state index contributed by atoms with van der Waals surface area (Å²) in [6.45, 7) is 0. The van der Waals surface area contributed by atoms with Crippen LogP contribution < -0.4 is 4.72 Å². The lowest BCUT2D eigenvalue weighted by Gasteiger charge is -2.14. The third-order valence-corrected chi connectivity index (χ3v) is 7.45. The molecule has 1 aromatic heterocycles. The molecular formula is C29H22N2O4S. The van der Waals surface area contributed by atoms with E-state index < -0.39 is 22.0 Å². The number of carbonyl (C=O) groups is 1. The smallest absolute Gasteiger partial charge is 0.322 e. The van der Waals surface area contributed by atoms with Crippen molar-refractivity contribution < 1.29 is 18.3 Å². The van der Waals surface area contributed by atoms with Crippen molar-refractivity contribution >= 4 is 37.7 Å². The fourth-order valence-corrected chi connectivity index (χ4v) is 5.27. The Balaban J connectivity index is 1.32. The van der Waals surface area contributed by atoms with Crippen LogP contribution in [-0.2, 0) is 21.2 Å². The number of aliphatic carboxylic acids is 1. The molecular weight excluding hydrogens is 472 g/mol. The summed E-state index contributed by atoms with van der Waals surface area (Å²) in [6.07, 6.45) is 1.71. The summed E-state index contributed by atoms with van der Waals surface area (Å²) in [5, 5.41) is 12.8. The number of H-pyrrole nitrogens is 1. The first-order chi connectivity index (χ1) is 17.4. The van der Waals surface area contributed by atoms with Crippen molar-refractivity contribution in [2.45, 2.75) is 17.4 Å². The maximum Gasteiger partial charge on any atom is 0.322 e. The molecule has 0 radical (unpaired) electrons. The van der Waals surface area contributed by atoms with E-state index in [0.717, 1.165) is 32.8 Å². The molecule has 0 bridgehead atoms. The molecule has 6 nitrogen and oxygen atoms in total. The van der Waals surface area contributed by atoms with E-state index in [2.05, 4.69) is 21.5 Å². The molecule has 1 atom stereocenters. The first-order valence-electron chi connectivity index (χ1n) is 11.3. The molecule has 1 heterocycles. The number of hydrogen-bond donors (Lipinski definition) is 3. The minimum Gasteiger partial charge on any atom is -0.480 e. The highest BCUT2D eigenvalue weighted by atomic mass is 32.2. The van der Waals surface area contributed by atoms with Crippen molar-refractivity contribution in [2.75, 3.05) is 0 Å². The zero-order chi connectivity index (χ0) is 25.1. The van der Waals surface area contributed by atoms with Gasteiger partial charge in [-0.05, 0) is 58.8 Å². The minimum atomic E-state index is -4.06. The monoisotopic (exact) mass is 494 g/mol. The van der Waals surface area contributed by atoms with Crippen molar-refractivity contribution in [1.29, 1.82) is 0 Å². The number of aromatic nitrogens is 1. The van der Waals surface area contributed by atoms with Crippen LogP contribution in [0.5, 0.6) is 0 Å². The van der Waals surface area contributed by atoms with E-state index in [4.69, 9.17) is 0 Å². The molecule has 0 aliphatic heterocycles. The normalized spacial score (nSPS) is 12.2. The van der Waals surface area contributed by atoms with E-state index in [0.29, 0.717) is 5.56 Å². The second-order valence-corrected chi connectivity index (χ2v) is 10.1. The number of sulfonamides is 1. The molecule has 36 heavy (non-hydrogen) atoms. The lowest BCUT2D eigenvalue weighted by atomic mass is 10.1. The summed E-state index contributed by atoms with van der Waals surface area (Å²) in [5.41, 5.74) is 3.09. The van der Waals surface area contributed by atoms with Crippen molar-refractivity contribution in [1.82, 2.24) is 9.71 Å². The van der Waals surface area contributed by atoms with E-state index in [9.17, 15) is 18.3 Å². The number of carboxylic acid groups (broad SMARTS) is 1. The molecule has 0 saturated heterocycles. The topological polar surface area (TPSA) is 99.3 Å². The maximum absolute atomic E-state index is 12.9. The van der Waals surface area contributed by atoms with Gasteiger partial charge in [0, 0.05) is 34.6 Å². The van der Waals surface area contributed by atoms with Crippen molar-refractivity contribution in [2.24, 2.45) is 0 Å². The molecule has 0 aliphatic rings. The van der Waals surface area contributed by atoms with Crippen LogP contribution in [0.25, 0.3) is 21.7 Å². The fourth-order valence-electron chi connectivity index (χ4n) is 4.08. The highest BCUT2D eigenvalue weighted by Crippen LogP contribution is 2.20. The maximum atomic E-state index is 12.9. The highest BCUT2D eigenvalue weighted by Gasteiger charge is 2.26. The zero-order valence-corrected chi connectivity index (χ0v) is 19.9. The van der Waals surface area contributed by atoms with E-state index in [1.54, 1.807) is 18.3 Å². The predicted molar refractivity (Wildman–Crippen MR) is 140 cm³/mol. The van der Waals surface area contributed by atoms with Gasteiger partial charge in [-0.15, -0.1) is 0 Å². The van der Waals surface area contributed by atoms with Crippen molar-refractivity contribution in [3.05, 3.63) is 114 Å². The largest absolute Gasteiger partial charge is 0.480 e. The number of hydrogen-bond acceptors (Lipinski definition) is 3. The molecule has 0 unspecified atom stereocenters. The van der Waals surface area contributed by atoms with Gasteiger partial charge in [0.2, 0.25) is 10.0 Å². The summed E-state index contributed by atoms with van der Waals surface area (Å²) in [4.78, 5) is 14.9. The molecule has 5 aromatic rings. The Bertz CT molecular complexity index is 1740. The Morgan fingerprint density at radius 2 is 1.53 bits per heavy atom. The zero-order valence-electron chi connectivity index (χ0n) is 19.1. The van der Waals surface area contributed by atoms with Gasteiger partial charge in [0.1, 0.15) is 6.04 Å². The SMILES string of the molecule is O=C(O)[C@@H](Cc1c[nH]c2ccccc12)NS(=O)(=O)c1ccc(C#Cc2ccc3ccccc3c2)cc1. The third kappa shape index (κ3) is 5.01. The number of carboxylic acids is 1. The van der Waals surface area contributed by atoms with Gasteiger partial charge in [-0.1, -0.05) is 60.4 Å². The van der Waals surface area contributed by atoms with Crippen LogP contribution in [0.3, 0.4) is 0 Å². The Morgan fingerprint density at radius 1 is 0.861 bits per heavy atom. The quantitative estimate of drug-likeness (QED) is 0.298. The predicted octanol–water partition coefficient (Wildman–Crippen LogP) is 4.70. The lowest BCUT2D eigenvalue weighted by Crippen LogP contribution is -2.42. The summed E-state index contributed by atoms with van der Waals surface area (Å²) in [6, 6.07) is 26.2. The van der Waals surface area contributed by atoms with Gasteiger partial charge in [0.25, 0.3) is 0 Å². The molecule has 178 valence electrons. The molecule has 4 aromatic carbocycles. The second kappa shape index (κ2) is 9.70. The molecule has 3 N–H and O–H groups in total. The van der Waals surface area contributed by atoms with Crippen molar-refractivity contribution in [3.63, 3.8) is 0 Å². The van der Waals surface area contributed by atoms with E-state index in [-0.39, 0.29) is 11.3 Å². The summed E-state index contributed by atoms with van der Waals surface area (Å²) >= 11 is 0. The average Bonchev–Trinajstić information content (AvgIpc) is 3.30. The Morgan fingerprint density at radius 3 is 2.31 bits per heavy atom. The van der Waals surface area contributed by atoms with E-state index in [1.165, 1.54) is 12.1 Å². The average molecular weight is 495 g/mol. The molecule has 0 aliphatic carbocycles. The van der Waals surface area contributed by atoms with E-state index in [1.807, 2.05) is 66.7 Å². The number of benzene rings is 4. The molecule has 0 amide bonds. The van der Waals surface area contributed by atoms with Gasteiger partial charge in [-0.25, -0.2) is 8.42 Å². The van der Waals surface area contributed by atoms with Crippen LogP contribution in [0, 0.1) is 11.8 Å². The van der Waals surface area contributed by atoms with Crippen LogP contribution >= 0.6 is 0 Å². The van der Waals surface area contributed by atoms with Crippen LogP contribution in [-0.4, -0.2) is 30.5 Å². The Hall–Kier alpha value is -4.38.